The fourth-order valence-electron chi connectivity index (χ4n) is 2.35. The number of ether oxygens (including phenoxy) is 1. The highest BCUT2D eigenvalue weighted by Crippen LogP contribution is 2.34. The highest BCUT2D eigenvalue weighted by atomic mass is 35.5. The number of esters is 1. The minimum atomic E-state index is -0.479. The molecular formula is C17H18Cl2N2O3S. The van der Waals surface area contributed by atoms with Gasteiger partial charge in [0.05, 0.1) is 22.2 Å². The molecule has 2 aromatic rings. The van der Waals surface area contributed by atoms with E-state index >= 15 is 0 Å². The number of thiophene rings is 1. The molecule has 0 aliphatic carbocycles. The minimum absolute atomic E-state index is 0.270. The van der Waals surface area contributed by atoms with E-state index in [9.17, 15) is 9.59 Å². The third-order valence-corrected chi connectivity index (χ3v) is 5.25. The molecule has 1 heterocycles. The number of rotatable bonds is 5. The quantitative estimate of drug-likeness (QED) is 0.628. The Balaban J connectivity index is 2.22. The molecule has 25 heavy (non-hydrogen) atoms. The summed E-state index contributed by atoms with van der Waals surface area (Å²) in [5, 5.41) is 6.59. The van der Waals surface area contributed by atoms with Crippen molar-refractivity contribution in [1.29, 1.82) is 0 Å². The lowest BCUT2D eigenvalue weighted by Gasteiger charge is -2.09. The van der Waals surface area contributed by atoms with Crippen LogP contribution in [0.1, 0.15) is 34.6 Å². The van der Waals surface area contributed by atoms with E-state index < -0.39 is 12.0 Å². The van der Waals surface area contributed by atoms with E-state index in [0.29, 0.717) is 32.7 Å². The van der Waals surface area contributed by atoms with Gasteiger partial charge in [-0.25, -0.2) is 9.59 Å². The predicted molar refractivity (Wildman–Crippen MR) is 103 cm³/mol. The molecule has 5 nitrogen and oxygen atoms in total. The van der Waals surface area contributed by atoms with Gasteiger partial charge in [-0.05, 0) is 44.0 Å². The summed E-state index contributed by atoms with van der Waals surface area (Å²) in [7, 11) is 0. The van der Waals surface area contributed by atoms with Gasteiger partial charge >= 0.3 is 12.0 Å². The van der Waals surface area contributed by atoms with E-state index in [0.717, 1.165) is 10.4 Å². The van der Waals surface area contributed by atoms with E-state index in [4.69, 9.17) is 27.9 Å². The Labute approximate surface area is 160 Å². The zero-order valence-corrected chi connectivity index (χ0v) is 16.4. The van der Waals surface area contributed by atoms with Crippen molar-refractivity contribution in [3.63, 3.8) is 0 Å². The average Bonchev–Trinajstić information content (AvgIpc) is 2.86. The highest BCUT2D eigenvalue weighted by Gasteiger charge is 2.23. The van der Waals surface area contributed by atoms with E-state index in [-0.39, 0.29) is 6.61 Å². The molecule has 0 spiro atoms. The Kier molecular flexibility index (Phi) is 6.70. The molecule has 0 aliphatic heterocycles. The first-order chi connectivity index (χ1) is 11.9. The van der Waals surface area contributed by atoms with Crippen molar-refractivity contribution < 1.29 is 14.3 Å². The zero-order chi connectivity index (χ0) is 18.6. The number of hydrogen-bond acceptors (Lipinski definition) is 4. The molecule has 0 bridgehead atoms. The lowest BCUT2D eigenvalue weighted by atomic mass is 10.1. The molecule has 0 radical (unpaired) electrons. The Morgan fingerprint density at radius 2 is 1.88 bits per heavy atom. The molecule has 0 saturated carbocycles. The molecule has 2 amide bonds. The Morgan fingerprint density at radius 1 is 1.16 bits per heavy atom. The lowest BCUT2D eigenvalue weighted by Crippen LogP contribution is -2.20. The van der Waals surface area contributed by atoms with Crippen molar-refractivity contribution >= 4 is 57.2 Å². The van der Waals surface area contributed by atoms with Crippen LogP contribution >= 0.6 is 34.5 Å². The smallest absolute Gasteiger partial charge is 0.341 e. The summed E-state index contributed by atoms with van der Waals surface area (Å²) in [6.07, 6.45) is 0.673. The van der Waals surface area contributed by atoms with Gasteiger partial charge in [0.2, 0.25) is 0 Å². The van der Waals surface area contributed by atoms with E-state index in [1.807, 2.05) is 13.8 Å². The number of urea groups is 1. The van der Waals surface area contributed by atoms with Crippen molar-refractivity contribution in [3.8, 4) is 0 Å². The molecule has 8 heteroatoms. The van der Waals surface area contributed by atoms with Crippen LogP contribution in [0.2, 0.25) is 10.0 Å². The van der Waals surface area contributed by atoms with Crippen LogP contribution in [0.4, 0.5) is 15.5 Å². The number of halogens is 2. The Morgan fingerprint density at radius 3 is 2.48 bits per heavy atom. The number of aryl methyl sites for hydroxylation is 1. The molecular weight excluding hydrogens is 383 g/mol. The third-order valence-electron chi connectivity index (χ3n) is 3.45. The number of anilines is 2. The molecule has 1 aromatic heterocycles. The Hall–Kier alpha value is -1.76. The zero-order valence-electron chi connectivity index (χ0n) is 14.0. The van der Waals surface area contributed by atoms with E-state index in [2.05, 4.69) is 10.6 Å². The summed E-state index contributed by atoms with van der Waals surface area (Å²) in [6, 6.07) is 4.30. The maximum Gasteiger partial charge on any atom is 0.341 e. The molecule has 0 aliphatic rings. The SMILES string of the molecule is CCOC(=O)c1c(NC(=O)Nc2ccc(Cl)c(Cl)c2)sc(C)c1CC. The van der Waals surface area contributed by atoms with E-state index in [1.165, 1.54) is 11.3 Å². The second-order valence-corrected chi connectivity index (χ2v) is 7.16. The molecule has 0 unspecified atom stereocenters. The van der Waals surface area contributed by atoms with Crippen LogP contribution in [-0.4, -0.2) is 18.6 Å². The van der Waals surface area contributed by atoms with Crippen LogP contribution in [0.25, 0.3) is 0 Å². The fourth-order valence-corrected chi connectivity index (χ4v) is 3.78. The molecule has 1 aromatic carbocycles. The first kappa shape index (κ1) is 19.6. The number of nitrogens with one attached hydrogen (secondary N) is 2. The van der Waals surface area contributed by atoms with Crippen LogP contribution in [-0.2, 0) is 11.2 Å². The molecule has 2 rings (SSSR count). The number of benzene rings is 1. The standard InChI is InChI=1S/C17H18Cl2N2O3S/c1-4-11-9(3)25-15(14(11)16(22)24-5-2)21-17(23)20-10-6-7-12(18)13(19)8-10/h6-8H,4-5H2,1-3H3,(H2,20,21,23). The van der Waals surface area contributed by atoms with Gasteiger partial charge in [0.1, 0.15) is 5.00 Å². The van der Waals surface area contributed by atoms with Crippen molar-refractivity contribution in [2.24, 2.45) is 0 Å². The third kappa shape index (κ3) is 4.66. The van der Waals surface area contributed by atoms with Gasteiger partial charge in [-0.15, -0.1) is 11.3 Å². The summed E-state index contributed by atoms with van der Waals surface area (Å²) in [5.74, 6) is -0.437. The van der Waals surface area contributed by atoms with Crippen molar-refractivity contribution in [3.05, 3.63) is 44.2 Å². The van der Waals surface area contributed by atoms with Gasteiger partial charge in [-0.2, -0.15) is 0 Å². The molecule has 0 atom stereocenters. The topological polar surface area (TPSA) is 67.4 Å². The van der Waals surface area contributed by atoms with Crippen LogP contribution < -0.4 is 10.6 Å². The highest BCUT2D eigenvalue weighted by molar-refractivity contribution is 7.16. The number of carbonyl (C=O) groups excluding carboxylic acids is 2. The average molecular weight is 401 g/mol. The van der Waals surface area contributed by atoms with Gasteiger partial charge in [0, 0.05) is 10.6 Å². The van der Waals surface area contributed by atoms with Crippen LogP contribution in [0, 0.1) is 6.92 Å². The maximum absolute atomic E-state index is 12.3. The summed E-state index contributed by atoms with van der Waals surface area (Å²) >= 11 is 13.1. The van der Waals surface area contributed by atoms with Gasteiger partial charge in [0.15, 0.2) is 0 Å². The summed E-state index contributed by atoms with van der Waals surface area (Å²) < 4.78 is 5.12. The number of amides is 2. The second-order valence-electron chi connectivity index (χ2n) is 5.12. The minimum Gasteiger partial charge on any atom is -0.462 e. The summed E-state index contributed by atoms with van der Waals surface area (Å²) in [5.41, 5.74) is 1.79. The molecule has 2 N–H and O–H groups in total. The normalized spacial score (nSPS) is 10.4. The van der Waals surface area contributed by atoms with Crippen LogP contribution in [0.15, 0.2) is 18.2 Å². The lowest BCUT2D eigenvalue weighted by molar-refractivity contribution is 0.0527. The fraction of sp³-hybridized carbons (Fsp3) is 0.294. The van der Waals surface area contributed by atoms with Crippen molar-refractivity contribution in [2.75, 3.05) is 17.2 Å². The van der Waals surface area contributed by atoms with Gasteiger partial charge < -0.3 is 10.1 Å². The number of carbonyl (C=O) groups is 2. The predicted octanol–water partition coefficient (Wildman–Crippen LogP) is 5.75. The molecule has 0 fully saturated rings. The monoisotopic (exact) mass is 400 g/mol. The van der Waals surface area contributed by atoms with E-state index in [1.54, 1.807) is 25.1 Å². The first-order valence-corrected chi connectivity index (χ1v) is 9.27. The first-order valence-electron chi connectivity index (χ1n) is 7.69. The molecule has 134 valence electrons. The van der Waals surface area contributed by atoms with Crippen molar-refractivity contribution in [1.82, 2.24) is 0 Å². The van der Waals surface area contributed by atoms with Crippen LogP contribution in [0.5, 0.6) is 0 Å². The second kappa shape index (κ2) is 8.56. The summed E-state index contributed by atoms with van der Waals surface area (Å²) in [6.45, 7) is 5.88. The van der Waals surface area contributed by atoms with Gasteiger partial charge in [-0.1, -0.05) is 30.1 Å². The van der Waals surface area contributed by atoms with Crippen molar-refractivity contribution in [2.45, 2.75) is 27.2 Å². The molecule has 0 saturated heterocycles. The number of hydrogen-bond donors (Lipinski definition) is 2. The van der Waals surface area contributed by atoms with Gasteiger partial charge in [-0.3, -0.25) is 5.32 Å². The largest absolute Gasteiger partial charge is 0.462 e. The summed E-state index contributed by atoms with van der Waals surface area (Å²) in [4.78, 5) is 25.5. The Bertz CT molecular complexity index is 805. The maximum atomic E-state index is 12.3. The van der Waals surface area contributed by atoms with Gasteiger partial charge in [0.25, 0.3) is 0 Å². The van der Waals surface area contributed by atoms with Crippen LogP contribution in [0.3, 0.4) is 0 Å².